The van der Waals surface area contributed by atoms with Crippen LogP contribution in [0.25, 0.3) is 0 Å². The van der Waals surface area contributed by atoms with E-state index in [0.717, 1.165) is 6.20 Å². The lowest BCUT2D eigenvalue weighted by Gasteiger charge is -2.00. The fourth-order valence-electron chi connectivity index (χ4n) is 0.980. The van der Waals surface area contributed by atoms with Crippen LogP contribution >= 0.6 is 0 Å². The van der Waals surface area contributed by atoms with Crippen LogP contribution in [-0.2, 0) is 0 Å². The molecule has 0 saturated carbocycles. The van der Waals surface area contributed by atoms with Crippen LogP contribution in [0, 0.1) is 12.7 Å². The van der Waals surface area contributed by atoms with Crippen LogP contribution in [0.5, 0.6) is 0 Å². The summed E-state index contributed by atoms with van der Waals surface area (Å²) in [6.45, 7) is 3.44. The van der Waals surface area contributed by atoms with Crippen molar-refractivity contribution in [2.24, 2.45) is 0 Å². The molecular formula is C9H10FNO. The highest BCUT2D eigenvalue weighted by molar-refractivity contribution is 5.96. The maximum atomic E-state index is 12.6. The Balaban J connectivity index is 3.13. The topological polar surface area (TPSA) is 30.0 Å². The Labute approximate surface area is 70.4 Å². The van der Waals surface area contributed by atoms with E-state index in [2.05, 4.69) is 4.98 Å². The van der Waals surface area contributed by atoms with Crippen LogP contribution in [-0.4, -0.2) is 10.8 Å². The lowest BCUT2D eigenvalue weighted by Crippen LogP contribution is -2.02. The van der Waals surface area contributed by atoms with Gasteiger partial charge in [0.15, 0.2) is 5.78 Å². The number of ketones is 1. The highest BCUT2D eigenvalue weighted by atomic mass is 19.1. The van der Waals surface area contributed by atoms with Crippen molar-refractivity contribution in [3.05, 3.63) is 29.3 Å². The Morgan fingerprint density at radius 1 is 1.67 bits per heavy atom. The summed E-state index contributed by atoms with van der Waals surface area (Å²) in [5.74, 6) is -0.531. The molecule has 0 aromatic carbocycles. The third-order valence-corrected chi connectivity index (χ3v) is 1.68. The van der Waals surface area contributed by atoms with Gasteiger partial charge in [-0.05, 0) is 13.0 Å². The maximum Gasteiger partial charge on any atom is 0.164 e. The Kier molecular flexibility index (Phi) is 2.53. The van der Waals surface area contributed by atoms with Crippen molar-refractivity contribution in [3.8, 4) is 0 Å². The van der Waals surface area contributed by atoms with Gasteiger partial charge < -0.3 is 0 Å². The zero-order valence-electron chi connectivity index (χ0n) is 7.10. The molecule has 1 aromatic rings. The predicted octanol–water partition coefficient (Wildman–Crippen LogP) is 2.12. The van der Waals surface area contributed by atoms with Crippen LogP contribution in [0.1, 0.15) is 29.4 Å². The fourth-order valence-corrected chi connectivity index (χ4v) is 0.980. The van der Waals surface area contributed by atoms with Gasteiger partial charge in [-0.2, -0.15) is 0 Å². The van der Waals surface area contributed by atoms with Gasteiger partial charge in [-0.25, -0.2) is 4.39 Å². The molecule has 1 heterocycles. The van der Waals surface area contributed by atoms with Gasteiger partial charge in [0.1, 0.15) is 5.82 Å². The van der Waals surface area contributed by atoms with Crippen molar-refractivity contribution >= 4 is 5.78 Å². The van der Waals surface area contributed by atoms with Gasteiger partial charge in [0.2, 0.25) is 0 Å². The minimum Gasteiger partial charge on any atom is -0.294 e. The molecular weight excluding hydrogens is 157 g/mol. The number of hydrogen-bond donors (Lipinski definition) is 0. The molecule has 0 aliphatic rings. The van der Waals surface area contributed by atoms with E-state index in [1.165, 1.54) is 6.07 Å². The minimum atomic E-state index is -0.461. The number of aromatic nitrogens is 1. The van der Waals surface area contributed by atoms with Crippen LogP contribution in [0.2, 0.25) is 0 Å². The number of hydrogen-bond acceptors (Lipinski definition) is 2. The van der Waals surface area contributed by atoms with E-state index in [4.69, 9.17) is 0 Å². The molecule has 0 aliphatic carbocycles. The van der Waals surface area contributed by atoms with E-state index in [9.17, 15) is 9.18 Å². The highest BCUT2D eigenvalue weighted by Gasteiger charge is 2.08. The van der Waals surface area contributed by atoms with Crippen LogP contribution < -0.4 is 0 Å². The quantitative estimate of drug-likeness (QED) is 0.631. The largest absolute Gasteiger partial charge is 0.294 e. The van der Waals surface area contributed by atoms with Crippen LogP contribution in [0.3, 0.4) is 0 Å². The van der Waals surface area contributed by atoms with Crippen molar-refractivity contribution in [1.29, 1.82) is 0 Å². The second-order valence-corrected chi connectivity index (χ2v) is 2.56. The number of Topliss-reactive ketones (excluding diaryl/α,β-unsaturated/α-hetero) is 1. The molecule has 0 atom stereocenters. The maximum absolute atomic E-state index is 12.6. The molecule has 0 aliphatic heterocycles. The smallest absolute Gasteiger partial charge is 0.164 e. The zero-order valence-corrected chi connectivity index (χ0v) is 7.10. The Morgan fingerprint density at radius 3 is 2.92 bits per heavy atom. The number of halogens is 1. The highest BCUT2D eigenvalue weighted by Crippen LogP contribution is 2.09. The normalized spacial score (nSPS) is 9.92. The Morgan fingerprint density at radius 2 is 2.33 bits per heavy atom. The third-order valence-electron chi connectivity index (χ3n) is 1.68. The van der Waals surface area contributed by atoms with Crippen molar-refractivity contribution in [1.82, 2.24) is 4.98 Å². The summed E-state index contributed by atoms with van der Waals surface area (Å²) in [6.07, 6.45) is 1.49. The molecule has 1 aromatic heterocycles. The van der Waals surface area contributed by atoms with Crippen molar-refractivity contribution in [2.45, 2.75) is 20.3 Å². The summed E-state index contributed by atoms with van der Waals surface area (Å²) < 4.78 is 12.6. The van der Waals surface area contributed by atoms with Crippen LogP contribution in [0.15, 0.2) is 12.3 Å². The lowest BCUT2D eigenvalue weighted by molar-refractivity contribution is 0.0986. The molecule has 2 nitrogen and oxygen atoms in total. The molecule has 0 N–H and O–H groups in total. The molecule has 64 valence electrons. The summed E-state index contributed by atoms with van der Waals surface area (Å²) in [6, 6.07) is 1.23. The molecule has 12 heavy (non-hydrogen) atoms. The number of carbonyl (C=O) groups is 1. The van der Waals surface area contributed by atoms with Gasteiger partial charge in [-0.1, -0.05) is 6.92 Å². The zero-order chi connectivity index (χ0) is 9.14. The summed E-state index contributed by atoms with van der Waals surface area (Å²) >= 11 is 0. The van der Waals surface area contributed by atoms with E-state index >= 15 is 0 Å². The fraction of sp³-hybridized carbons (Fsp3) is 0.333. The van der Waals surface area contributed by atoms with E-state index in [-0.39, 0.29) is 5.78 Å². The first-order valence-electron chi connectivity index (χ1n) is 3.80. The van der Waals surface area contributed by atoms with E-state index in [1.807, 2.05) is 0 Å². The van der Waals surface area contributed by atoms with Crippen LogP contribution in [0.4, 0.5) is 4.39 Å². The summed E-state index contributed by atoms with van der Waals surface area (Å²) in [5.41, 5.74) is 0.973. The molecule has 3 heteroatoms. The number of aryl methyl sites for hydroxylation is 1. The van der Waals surface area contributed by atoms with Crippen molar-refractivity contribution in [2.75, 3.05) is 0 Å². The molecule has 0 radical (unpaired) electrons. The number of pyridine rings is 1. The van der Waals surface area contributed by atoms with Gasteiger partial charge >= 0.3 is 0 Å². The van der Waals surface area contributed by atoms with Gasteiger partial charge in [0, 0.05) is 17.7 Å². The predicted molar refractivity (Wildman–Crippen MR) is 43.6 cm³/mol. The number of rotatable bonds is 2. The molecule has 0 bridgehead atoms. The molecule has 0 unspecified atom stereocenters. The average molecular weight is 167 g/mol. The lowest BCUT2D eigenvalue weighted by atomic mass is 10.1. The van der Waals surface area contributed by atoms with Gasteiger partial charge in [-0.3, -0.25) is 9.78 Å². The van der Waals surface area contributed by atoms with Crippen molar-refractivity contribution < 1.29 is 9.18 Å². The summed E-state index contributed by atoms with van der Waals surface area (Å²) in [4.78, 5) is 14.9. The first-order valence-corrected chi connectivity index (χ1v) is 3.80. The second kappa shape index (κ2) is 3.43. The number of nitrogens with zero attached hydrogens (tertiary/aromatic N) is 1. The molecule has 0 saturated heterocycles. The molecule has 0 spiro atoms. The Bertz CT molecular complexity index is 309. The minimum absolute atomic E-state index is 0.0699. The van der Waals surface area contributed by atoms with E-state index in [0.29, 0.717) is 17.7 Å². The third kappa shape index (κ3) is 1.67. The summed E-state index contributed by atoms with van der Waals surface area (Å²) in [7, 11) is 0. The first kappa shape index (κ1) is 8.84. The number of carbonyl (C=O) groups excluding carboxylic acids is 1. The molecule has 0 fully saturated rings. The van der Waals surface area contributed by atoms with E-state index < -0.39 is 5.82 Å². The first-order chi connectivity index (χ1) is 5.65. The Hall–Kier alpha value is -1.25. The van der Waals surface area contributed by atoms with Gasteiger partial charge in [-0.15, -0.1) is 0 Å². The SMILES string of the molecule is CCC(=O)c1cc(F)cnc1C. The standard InChI is InChI=1S/C9H10FNO/c1-3-9(12)8-4-7(10)5-11-6(8)2/h4-5H,3H2,1-2H3. The molecule has 1 rings (SSSR count). The van der Waals surface area contributed by atoms with Gasteiger partial charge in [0.25, 0.3) is 0 Å². The average Bonchev–Trinajstić information content (AvgIpc) is 2.08. The second-order valence-electron chi connectivity index (χ2n) is 2.56. The molecule has 0 amide bonds. The van der Waals surface area contributed by atoms with Gasteiger partial charge in [0.05, 0.1) is 6.20 Å². The van der Waals surface area contributed by atoms with E-state index in [1.54, 1.807) is 13.8 Å². The monoisotopic (exact) mass is 167 g/mol. The van der Waals surface area contributed by atoms with Crippen molar-refractivity contribution in [3.63, 3.8) is 0 Å². The summed E-state index contributed by atoms with van der Waals surface area (Å²) in [5, 5.41) is 0.